The van der Waals surface area contributed by atoms with Crippen LogP contribution < -0.4 is 0 Å². The van der Waals surface area contributed by atoms with Crippen molar-refractivity contribution in [2.24, 2.45) is 0 Å². The molecular formula is C11H20Cl4. The van der Waals surface area contributed by atoms with Gasteiger partial charge in [-0.15, -0.1) is 46.4 Å². The third kappa shape index (κ3) is 11.4. The summed E-state index contributed by atoms with van der Waals surface area (Å²) in [6.07, 6.45) is 8.18. The molecule has 0 aliphatic carbocycles. The minimum atomic E-state index is 0.148. The topological polar surface area (TPSA) is 0 Å². The summed E-state index contributed by atoms with van der Waals surface area (Å²) in [6, 6.07) is 0. The minimum Gasteiger partial charge on any atom is -0.125 e. The Morgan fingerprint density at radius 3 is 1.27 bits per heavy atom. The quantitative estimate of drug-likeness (QED) is 0.373. The molecule has 0 aromatic heterocycles. The number of hydrogen-bond donors (Lipinski definition) is 0. The van der Waals surface area contributed by atoms with Crippen LogP contribution in [0.4, 0.5) is 0 Å². The van der Waals surface area contributed by atoms with E-state index in [2.05, 4.69) is 0 Å². The monoisotopic (exact) mass is 292 g/mol. The molecule has 4 heteroatoms. The fourth-order valence-corrected chi connectivity index (χ4v) is 2.03. The maximum atomic E-state index is 5.90. The van der Waals surface area contributed by atoms with Crippen LogP contribution in [0, 0.1) is 0 Å². The van der Waals surface area contributed by atoms with Crippen LogP contribution in [0.2, 0.25) is 0 Å². The van der Waals surface area contributed by atoms with Gasteiger partial charge < -0.3 is 0 Å². The van der Waals surface area contributed by atoms with Crippen molar-refractivity contribution in [2.75, 3.05) is 11.8 Å². The second-order valence-corrected chi connectivity index (χ2v) is 5.70. The van der Waals surface area contributed by atoms with Gasteiger partial charge in [0.05, 0.1) is 0 Å². The van der Waals surface area contributed by atoms with Crippen LogP contribution in [-0.2, 0) is 0 Å². The van der Waals surface area contributed by atoms with Crippen LogP contribution in [0.15, 0.2) is 0 Å². The summed E-state index contributed by atoms with van der Waals surface area (Å²) in [4.78, 5) is 0. The van der Waals surface area contributed by atoms with Crippen molar-refractivity contribution in [1.82, 2.24) is 0 Å². The molecule has 0 bridgehead atoms. The van der Waals surface area contributed by atoms with Gasteiger partial charge in [0, 0.05) is 22.5 Å². The van der Waals surface area contributed by atoms with E-state index < -0.39 is 0 Å². The normalized spacial score (nSPS) is 15.2. The lowest BCUT2D eigenvalue weighted by Crippen LogP contribution is -2.00. The molecule has 0 saturated heterocycles. The van der Waals surface area contributed by atoms with Crippen molar-refractivity contribution in [3.63, 3.8) is 0 Å². The zero-order valence-corrected chi connectivity index (χ0v) is 12.1. The highest BCUT2D eigenvalue weighted by molar-refractivity contribution is 6.28. The van der Waals surface area contributed by atoms with Crippen LogP contribution in [0.3, 0.4) is 0 Å². The van der Waals surface area contributed by atoms with Crippen LogP contribution >= 0.6 is 46.4 Å². The molecule has 0 aromatic carbocycles. The molecular weight excluding hydrogens is 274 g/mol. The summed E-state index contributed by atoms with van der Waals surface area (Å²) in [5.74, 6) is 1.12. The average molecular weight is 294 g/mol. The zero-order chi connectivity index (χ0) is 11.5. The van der Waals surface area contributed by atoms with E-state index in [1.54, 1.807) is 0 Å². The Morgan fingerprint density at radius 1 is 0.600 bits per heavy atom. The van der Waals surface area contributed by atoms with Crippen molar-refractivity contribution in [3.8, 4) is 0 Å². The molecule has 2 atom stereocenters. The number of unbranched alkanes of at least 4 members (excludes halogenated alkanes) is 4. The first-order valence-corrected chi connectivity index (χ1v) is 7.55. The van der Waals surface area contributed by atoms with E-state index in [9.17, 15) is 0 Å². The highest BCUT2D eigenvalue weighted by Gasteiger charge is 2.03. The maximum Gasteiger partial charge on any atom is 0.0471 e. The molecule has 0 rings (SSSR count). The van der Waals surface area contributed by atoms with E-state index in [1.165, 1.54) is 32.1 Å². The van der Waals surface area contributed by atoms with Crippen molar-refractivity contribution in [3.05, 3.63) is 0 Å². The summed E-state index contributed by atoms with van der Waals surface area (Å²) in [5, 5.41) is 0.297. The molecule has 0 fully saturated rings. The van der Waals surface area contributed by atoms with Crippen molar-refractivity contribution in [2.45, 2.75) is 55.7 Å². The second-order valence-electron chi connectivity index (χ2n) is 3.85. The highest BCUT2D eigenvalue weighted by atomic mass is 35.5. The van der Waals surface area contributed by atoms with Crippen LogP contribution in [-0.4, -0.2) is 22.5 Å². The summed E-state index contributed by atoms with van der Waals surface area (Å²) >= 11 is 23.0. The Hall–Kier alpha value is 1.16. The summed E-state index contributed by atoms with van der Waals surface area (Å²) in [5.41, 5.74) is 0. The van der Waals surface area contributed by atoms with E-state index in [1.807, 2.05) is 0 Å². The molecule has 0 aromatic rings. The van der Waals surface area contributed by atoms with Gasteiger partial charge in [-0.1, -0.05) is 32.1 Å². The van der Waals surface area contributed by atoms with Gasteiger partial charge in [-0.05, 0) is 12.8 Å². The molecule has 0 heterocycles. The van der Waals surface area contributed by atoms with E-state index >= 15 is 0 Å². The van der Waals surface area contributed by atoms with Gasteiger partial charge in [0.1, 0.15) is 0 Å². The molecule has 0 N–H and O–H groups in total. The Morgan fingerprint density at radius 2 is 0.933 bits per heavy atom. The molecule has 15 heavy (non-hydrogen) atoms. The lowest BCUT2D eigenvalue weighted by atomic mass is 10.1. The van der Waals surface area contributed by atoms with Crippen LogP contribution in [0.25, 0.3) is 0 Å². The number of halogens is 4. The first-order valence-electron chi connectivity index (χ1n) is 5.60. The predicted molar refractivity (Wildman–Crippen MR) is 73.0 cm³/mol. The van der Waals surface area contributed by atoms with Crippen molar-refractivity contribution < 1.29 is 0 Å². The van der Waals surface area contributed by atoms with E-state index in [4.69, 9.17) is 46.4 Å². The molecule has 0 nitrogen and oxygen atoms in total. The van der Waals surface area contributed by atoms with Crippen molar-refractivity contribution >= 4 is 46.4 Å². The van der Waals surface area contributed by atoms with E-state index in [0.717, 1.165) is 12.8 Å². The largest absolute Gasteiger partial charge is 0.125 e. The summed E-state index contributed by atoms with van der Waals surface area (Å²) in [7, 11) is 0. The fourth-order valence-electron chi connectivity index (χ4n) is 1.42. The van der Waals surface area contributed by atoms with Crippen LogP contribution in [0.5, 0.6) is 0 Å². The second kappa shape index (κ2) is 11.6. The van der Waals surface area contributed by atoms with Gasteiger partial charge in [0.2, 0.25) is 0 Å². The van der Waals surface area contributed by atoms with Crippen molar-refractivity contribution in [1.29, 1.82) is 0 Å². The highest BCUT2D eigenvalue weighted by Crippen LogP contribution is 2.14. The SMILES string of the molecule is ClC[C@H](Cl)CCCCCCC[C@@H](Cl)CCl. The number of hydrogen-bond acceptors (Lipinski definition) is 0. The number of alkyl halides is 4. The fraction of sp³-hybridized carbons (Fsp3) is 1.00. The Balaban J connectivity index is 3.05. The van der Waals surface area contributed by atoms with Gasteiger partial charge in [-0.25, -0.2) is 0 Å². The molecule has 0 aliphatic rings. The smallest absolute Gasteiger partial charge is 0.0471 e. The third-order valence-electron chi connectivity index (χ3n) is 2.37. The van der Waals surface area contributed by atoms with Gasteiger partial charge in [-0.3, -0.25) is 0 Å². The van der Waals surface area contributed by atoms with Gasteiger partial charge >= 0.3 is 0 Å². The standard InChI is InChI=1S/C11H20Cl4/c12-8-10(14)6-4-2-1-3-5-7-11(15)9-13/h10-11H,1-9H2/t10-,11-/m1/s1. The molecule has 0 aliphatic heterocycles. The van der Waals surface area contributed by atoms with E-state index in [0.29, 0.717) is 11.8 Å². The summed E-state index contributed by atoms with van der Waals surface area (Å²) < 4.78 is 0. The first kappa shape index (κ1) is 16.2. The Bertz CT molecular complexity index is 116. The maximum absolute atomic E-state index is 5.90. The lowest BCUT2D eigenvalue weighted by molar-refractivity contribution is 0.576. The molecule has 0 amide bonds. The lowest BCUT2D eigenvalue weighted by Gasteiger charge is -2.06. The average Bonchev–Trinajstić information content (AvgIpc) is 2.26. The minimum absolute atomic E-state index is 0.148. The van der Waals surface area contributed by atoms with Crippen LogP contribution in [0.1, 0.15) is 44.9 Å². The summed E-state index contributed by atoms with van der Waals surface area (Å²) in [6.45, 7) is 0. The third-order valence-corrected chi connectivity index (χ3v) is 4.18. The zero-order valence-electron chi connectivity index (χ0n) is 9.03. The number of rotatable bonds is 10. The predicted octanol–water partition coefficient (Wildman–Crippen LogP) is 5.41. The first-order chi connectivity index (χ1) is 7.20. The molecule has 0 spiro atoms. The van der Waals surface area contributed by atoms with Gasteiger partial charge in [0.15, 0.2) is 0 Å². The van der Waals surface area contributed by atoms with Gasteiger partial charge in [-0.2, -0.15) is 0 Å². The molecule has 92 valence electrons. The Kier molecular flexibility index (Phi) is 12.5. The molecule has 0 saturated carbocycles. The Labute approximate surface area is 114 Å². The van der Waals surface area contributed by atoms with E-state index in [-0.39, 0.29) is 10.8 Å². The van der Waals surface area contributed by atoms with Gasteiger partial charge in [0.25, 0.3) is 0 Å². The molecule has 0 radical (unpaired) electrons. The molecule has 0 unspecified atom stereocenters.